The van der Waals surface area contributed by atoms with E-state index in [2.05, 4.69) is 4.72 Å². The van der Waals surface area contributed by atoms with Gasteiger partial charge in [0.25, 0.3) is 0 Å². The Balaban J connectivity index is 1.52. The molecule has 0 saturated heterocycles. The molecule has 1 atom stereocenters. The van der Waals surface area contributed by atoms with Crippen molar-refractivity contribution in [2.24, 2.45) is 0 Å². The Bertz CT molecular complexity index is 1310. The molecule has 5 nitrogen and oxygen atoms in total. The largest absolute Gasteiger partial charge is 0.460 e. The van der Waals surface area contributed by atoms with Gasteiger partial charge in [0, 0.05) is 0 Å². The minimum absolute atomic E-state index is 0.0679. The van der Waals surface area contributed by atoms with Crippen LogP contribution in [0.25, 0.3) is 11.1 Å². The molecule has 172 valence electrons. The summed E-state index contributed by atoms with van der Waals surface area (Å²) in [6, 6.07) is 33.7. The summed E-state index contributed by atoms with van der Waals surface area (Å²) in [6.07, 6.45) is 0.176. The van der Waals surface area contributed by atoms with Crippen molar-refractivity contribution in [1.29, 1.82) is 0 Å². The molecule has 0 bridgehead atoms. The van der Waals surface area contributed by atoms with E-state index in [0.717, 1.165) is 22.3 Å². The third-order valence-electron chi connectivity index (χ3n) is 5.36. The first-order valence-corrected chi connectivity index (χ1v) is 12.4. The molecule has 4 aromatic rings. The maximum atomic E-state index is 13.1. The van der Waals surface area contributed by atoms with Gasteiger partial charge in [-0.15, -0.1) is 0 Å². The summed E-state index contributed by atoms with van der Waals surface area (Å²) in [7, 11) is -3.96. The zero-order valence-electron chi connectivity index (χ0n) is 18.5. The van der Waals surface area contributed by atoms with Crippen molar-refractivity contribution in [2.45, 2.75) is 24.0 Å². The van der Waals surface area contributed by atoms with Crippen LogP contribution in [-0.4, -0.2) is 20.4 Å². The van der Waals surface area contributed by atoms with Crippen LogP contribution in [-0.2, 0) is 32.6 Å². The zero-order chi connectivity index (χ0) is 23.8. The van der Waals surface area contributed by atoms with E-state index in [1.807, 2.05) is 91.0 Å². The predicted octanol–water partition coefficient (Wildman–Crippen LogP) is 4.99. The maximum Gasteiger partial charge on any atom is 0.324 e. The Morgan fingerprint density at radius 2 is 1.18 bits per heavy atom. The highest BCUT2D eigenvalue weighted by Gasteiger charge is 2.27. The summed E-state index contributed by atoms with van der Waals surface area (Å²) in [4.78, 5) is 13.0. The van der Waals surface area contributed by atoms with Gasteiger partial charge >= 0.3 is 5.97 Å². The number of rotatable bonds is 9. The smallest absolute Gasteiger partial charge is 0.324 e. The van der Waals surface area contributed by atoms with Crippen molar-refractivity contribution in [1.82, 2.24) is 4.72 Å². The highest BCUT2D eigenvalue weighted by Crippen LogP contribution is 2.21. The summed E-state index contributed by atoms with van der Waals surface area (Å²) in [5, 5.41) is 0. The lowest BCUT2D eigenvalue weighted by Crippen LogP contribution is -2.43. The first kappa shape index (κ1) is 23.4. The number of carbonyl (C=O) groups excluding carboxylic acids is 1. The van der Waals surface area contributed by atoms with Gasteiger partial charge in [-0.05, 0) is 40.8 Å². The lowest BCUT2D eigenvalue weighted by molar-refractivity contribution is -0.147. The summed E-state index contributed by atoms with van der Waals surface area (Å²) in [5.74, 6) is -0.628. The van der Waals surface area contributed by atoms with Gasteiger partial charge in [0.15, 0.2) is 0 Å². The molecule has 0 saturated carbocycles. The van der Waals surface area contributed by atoms with Crippen LogP contribution in [0.3, 0.4) is 0 Å². The first-order chi connectivity index (χ1) is 16.5. The molecule has 0 unspecified atom stereocenters. The van der Waals surface area contributed by atoms with E-state index in [1.54, 1.807) is 24.3 Å². The number of benzene rings is 4. The average molecular weight is 472 g/mol. The van der Waals surface area contributed by atoms with Gasteiger partial charge in [-0.25, -0.2) is 8.42 Å². The first-order valence-electron chi connectivity index (χ1n) is 10.9. The van der Waals surface area contributed by atoms with Crippen LogP contribution in [0.2, 0.25) is 0 Å². The third kappa shape index (κ3) is 6.19. The van der Waals surface area contributed by atoms with Crippen molar-refractivity contribution >= 4 is 16.0 Å². The molecule has 0 aliphatic heterocycles. The molecule has 34 heavy (non-hydrogen) atoms. The van der Waals surface area contributed by atoms with Crippen molar-refractivity contribution in [3.8, 4) is 11.1 Å². The SMILES string of the molecule is O=C(OCc1ccccc1)[C@@H](Cc1ccccc1)NS(=O)(=O)c1ccc(-c2ccccc2)cc1. The van der Waals surface area contributed by atoms with Crippen LogP contribution >= 0.6 is 0 Å². The van der Waals surface area contributed by atoms with Crippen LogP contribution in [0.15, 0.2) is 120 Å². The van der Waals surface area contributed by atoms with Crippen LogP contribution in [0, 0.1) is 0 Å². The molecular formula is C28H25NO4S. The van der Waals surface area contributed by atoms with Crippen molar-refractivity contribution in [3.63, 3.8) is 0 Å². The van der Waals surface area contributed by atoms with Crippen molar-refractivity contribution in [2.75, 3.05) is 0 Å². The molecule has 6 heteroatoms. The van der Waals surface area contributed by atoms with Crippen LogP contribution in [0.4, 0.5) is 0 Å². The Hall–Kier alpha value is -3.74. The second-order valence-corrected chi connectivity index (χ2v) is 9.56. The molecule has 4 aromatic carbocycles. The molecule has 4 rings (SSSR count). The number of carbonyl (C=O) groups is 1. The fraction of sp³-hybridized carbons (Fsp3) is 0.107. The Labute approximate surface area is 200 Å². The Morgan fingerprint density at radius 3 is 1.76 bits per heavy atom. The maximum absolute atomic E-state index is 13.1. The van der Waals surface area contributed by atoms with E-state index >= 15 is 0 Å². The zero-order valence-corrected chi connectivity index (χ0v) is 19.3. The van der Waals surface area contributed by atoms with E-state index in [9.17, 15) is 13.2 Å². The molecule has 0 amide bonds. The molecule has 1 N–H and O–H groups in total. The van der Waals surface area contributed by atoms with Gasteiger partial charge in [0.05, 0.1) is 4.90 Å². The molecule has 0 aliphatic carbocycles. The monoisotopic (exact) mass is 471 g/mol. The van der Waals surface area contributed by atoms with Crippen molar-refractivity contribution < 1.29 is 17.9 Å². The fourth-order valence-corrected chi connectivity index (χ4v) is 4.75. The third-order valence-corrected chi connectivity index (χ3v) is 6.85. The van der Waals surface area contributed by atoms with E-state index in [4.69, 9.17) is 4.74 Å². The normalized spacial score (nSPS) is 12.1. The summed E-state index contributed by atoms with van der Waals surface area (Å²) < 4.78 is 34.3. The lowest BCUT2D eigenvalue weighted by atomic mass is 10.1. The molecular weight excluding hydrogens is 446 g/mol. The molecule has 0 heterocycles. The average Bonchev–Trinajstić information content (AvgIpc) is 2.88. The molecule has 0 spiro atoms. The van der Waals surface area contributed by atoms with Crippen LogP contribution < -0.4 is 4.72 Å². The quantitative estimate of drug-likeness (QED) is 0.349. The van der Waals surface area contributed by atoms with Gasteiger partial charge in [-0.2, -0.15) is 4.72 Å². The predicted molar refractivity (Wildman–Crippen MR) is 132 cm³/mol. The van der Waals surface area contributed by atoms with Gasteiger partial charge in [-0.1, -0.05) is 103 Å². The standard InChI is InChI=1S/C28H25NO4S/c30-28(33-21-23-12-6-2-7-13-23)27(20-22-10-4-1-5-11-22)29-34(31,32)26-18-16-25(17-19-26)24-14-8-3-9-15-24/h1-19,27,29H,20-21H2/t27-/m1/s1. The second-order valence-electron chi connectivity index (χ2n) is 7.85. The summed E-state index contributed by atoms with van der Waals surface area (Å²) >= 11 is 0. The molecule has 0 aromatic heterocycles. The number of hydrogen-bond acceptors (Lipinski definition) is 4. The minimum Gasteiger partial charge on any atom is -0.460 e. The Morgan fingerprint density at radius 1 is 0.676 bits per heavy atom. The topological polar surface area (TPSA) is 72.5 Å². The molecule has 0 radical (unpaired) electrons. The number of ether oxygens (including phenoxy) is 1. The van der Waals surface area contributed by atoms with Gasteiger partial charge in [-0.3, -0.25) is 4.79 Å². The van der Waals surface area contributed by atoms with E-state index in [-0.39, 0.29) is 17.9 Å². The second kappa shape index (κ2) is 10.9. The van der Waals surface area contributed by atoms with Gasteiger partial charge < -0.3 is 4.74 Å². The van der Waals surface area contributed by atoms with Crippen molar-refractivity contribution in [3.05, 3.63) is 126 Å². The fourth-order valence-electron chi connectivity index (χ4n) is 3.56. The Kier molecular flexibility index (Phi) is 7.52. The summed E-state index contributed by atoms with van der Waals surface area (Å²) in [6.45, 7) is 0.0679. The van der Waals surface area contributed by atoms with Crippen LogP contribution in [0.1, 0.15) is 11.1 Å². The van der Waals surface area contributed by atoms with Crippen LogP contribution in [0.5, 0.6) is 0 Å². The minimum atomic E-state index is -3.96. The van der Waals surface area contributed by atoms with Gasteiger partial charge in [0.1, 0.15) is 12.6 Å². The number of hydrogen-bond donors (Lipinski definition) is 1. The lowest BCUT2D eigenvalue weighted by Gasteiger charge is -2.18. The molecule has 0 fully saturated rings. The summed E-state index contributed by atoms with van der Waals surface area (Å²) in [5.41, 5.74) is 3.55. The number of nitrogens with one attached hydrogen (secondary N) is 1. The highest BCUT2D eigenvalue weighted by atomic mass is 32.2. The van der Waals surface area contributed by atoms with E-state index < -0.39 is 22.0 Å². The molecule has 0 aliphatic rings. The number of sulfonamides is 1. The number of esters is 1. The van der Waals surface area contributed by atoms with E-state index in [0.29, 0.717) is 0 Å². The highest BCUT2D eigenvalue weighted by molar-refractivity contribution is 7.89. The van der Waals surface area contributed by atoms with Gasteiger partial charge in [0.2, 0.25) is 10.0 Å². The van der Waals surface area contributed by atoms with E-state index in [1.165, 1.54) is 0 Å².